The van der Waals surface area contributed by atoms with Gasteiger partial charge in [0.15, 0.2) is 0 Å². The average molecular weight is 371 g/mol. The fourth-order valence-corrected chi connectivity index (χ4v) is 4.99. The van der Waals surface area contributed by atoms with Gasteiger partial charge in [0.2, 0.25) is 0 Å². The molecule has 1 saturated heterocycles. The van der Waals surface area contributed by atoms with Crippen molar-refractivity contribution in [2.45, 2.75) is 44.8 Å². The molecule has 1 heterocycles. The number of fused-ring (bicyclic) bond motifs is 1. The van der Waals surface area contributed by atoms with Crippen LogP contribution in [0.4, 0.5) is 5.69 Å². The van der Waals surface area contributed by atoms with Crippen molar-refractivity contribution in [2.75, 3.05) is 5.06 Å². The molecule has 2 fully saturated rings. The Morgan fingerprint density at radius 2 is 1.68 bits per heavy atom. The van der Waals surface area contributed by atoms with E-state index in [9.17, 15) is 10.5 Å². The van der Waals surface area contributed by atoms with Crippen molar-refractivity contribution in [1.82, 2.24) is 0 Å². The number of para-hydroxylation sites is 1. The van der Waals surface area contributed by atoms with Gasteiger partial charge in [0.25, 0.3) is 0 Å². The minimum Gasteiger partial charge on any atom is -0.265 e. The van der Waals surface area contributed by atoms with E-state index in [1.54, 1.807) is 0 Å². The van der Waals surface area contributed by atoms with Crippen LogP contribution in [0.15, 0.2) is 60.7 Å². The van der Waals surface area contributed by atoms with Crippen molar-refractivity contribution >= 4 is 5.69 Å². The number of hydroxylamine groups is 1. The highest BCUT2D eigenvalue weighted by Crippen LogP contribution is 2.55. The Hall–Kier alpha value is -2.82. The predicted molar refractivity (Wildman–Crippen MR) is 108 cm³/mol. The number of nitriles is 2. The van der Waals surface area contributed by atoms with E-state index in [4.69, 9.17) is 4.84 Å². The van der Waals surface area contributed by atoms with E-state index in [0.717, 1.165) is 30.5 Å². The van der Waals surface area contributed by atoms with Crippen LogP contribution in [-0.2, 0) is 4.84 Å². The highest BCUT2D eigenvalue weighted by Gasteiger charge is 2.56. The van der Waals surface area contributed by atoms with Crippen molar-refractivity contribution in [2.24, 2.45) is 17.3 Å². The van der Waals surface area contributed by atoms with Crippen LogP contribution in [-0.4, -0.2) is 6.04 Å². The van der Waals surface area contributed by atoms with Gasteiger partial charge in [-0.15, -0.1) is 0 Å². The summed E-state index contributed by atoms with van der Waals surface area (Å²) in [6, 6.07) is 25.3. The van der Waals surface area contributed by atoms with Gasteiger partial charge in [-0.2, -0.15) is 10.5 Å². The first-order chi connectivity index (χ1) is 13.7. The Bertz CT molecular complexity index is 870. The summed E-state index contributed by atoms with van der Waals surface area (Å²) < 4.78 is 0. The molecular weight excluding hydrogens is 346 g/mol. The van der Waals surface area contributed by atoms with Gasteiger partial charge >= 0.3 is 0 Å². The van der Waals surface area contributed by atoms with Gasteiger partial charge in [0.1, 0.15) is 11.5 Å². The topological polar surface area (TPSA) is 60.1 Å². The smallest absolute Gasteiger partial charge is 0.147 e. The standard InChI is InChI=1S/C24H25N3O/c1-2-9-19-14-22-21(15-24(19,16-25)17-26)23(18-10-5-3-6-11-18)28-27(22)20-12-7-4-8-13-20/h3-8,10-13,19,21-23H,2,9,14-15H2,1H3/t19-,21+,22-,23-/m1/s1. The van der Waals surface area contributed by atoms with Crippen LogP contribution in [0.1, 0.15) is 44.3 Å². The summed E-state index contributed by atoms with van der Waals surface area (Å²) >= 11 is 0. The lowest BCUT2D eigenvalue weighted by Crippen LogP contribution is -2.45. The molecule has 4 nitrogen and oxygen atoms in total. The van der Waals surface area contributed by atoms with Gasteiger partial charge in [-0.3, -0.25) is 9.90 Å². The number of rotatable bonds is 4. The number of anilines is 1. The van der Waals surface area contributed by atoms with E-state index < -0.39 is 5.41 Å². The maximum absolute atomic E-state index is 9.97. The average Bonchev–Trinajstić information content (AvgIpc) is 3.12. The van der Waals surface area contributed by atoms with Crippen molar-refractivity contribution in [3.05, 3.63) is 66.2 Å². The van der Waals surface area contributed by atoms with Crippen LogP contribution in [0.5, 0.6) is 0 Å². The predicted octanol–water partition coefficient (Wildman–Crippen LogP) is 5.41. The Balaban J connectivity index is 1.75. The zero-order valence-electron chi connectivity index (χ0n) is 16.2. The first kappa shape index (κ1) is 18.5. The molecule has 2 aromatic carbocycles. The third-order valence-corrected chi connectivity index (χ3v) is 6.37. The van der Waals surface area contributed by atoms with Crippen LogP contribution < -0.4 is 5.06 Å². The van der Waals surface area contributed by atoms with Gasteiger partial charge in [-0.05, 0) is 42.9 Å². The van der Waals surface area contributed by atoms with Gasteiger partial charge < -0.3 is 0 Å². The van der Waals surface area contributed by atoms with Crippen LogP contribution in [0, 0.1) is 39.9 Å². The maximum Gasteiger partial charge on any atom is 0.147 e. The molecule has 2 aliphatic rings. The number of hydrogen-bond donors (Lipinski definition) is 0. The molecule has 0 aromatic heterocycles. The summed E-state index contributed by atoms with van der Waals surface area (Å²) in [7, 11) is 0. The summed E-state index contributed by atoms with van der Waals surface area (Å²) in [5, 5.41) is 22.0. The molecule has 142 valence electrons. The molecule has 1 saturated carbocycles. The minimum absolute atomic E-state index is 0.0677. The van der Waals surface area contributed by atoms with Gasteiger partial charge in [0, 0.05) is 5.92 Å². The summed E-state index contributed by atoms with van der Waals surface area (Å²) in [6.07, 6.45) is 3.08. The third kappa shape index (κ3) is 3.05. The molecule has 0 N–H and O–H groups in total. The number of benzene rings is 2. The third-order valence-electron chi connectivity index (χ3n) is 6.37. The highest BCUT2D eigenvalue weighted by molar-refractivity contribution is 5.47. The summed E-state index contributed by atoms with van der Waals surface area (Å²) in [6.45, 7) is 2.12. The molecule has 0 amide bonds. The second-order valence-electron chi connectivity index (χ2n) is 7.95. The van der Waals surface area contributed by atoms with Crippen molar-refractivity contribution in [3.8, 4) is 12.1 Å². The molecule has 4 heteroatoms. The van der Waals surface area contributed by atoms with Gasteiger partial charge in [-0.25, -0.2) is 0 Å². The highest BCUT2D eigenvalue weighted by atomic mass is 16.7. The number of hydrogen-bond acceptors (Lipinski definition) is 4. The second-order valence-corrected chi connectivity index (χ2v) is 7.95. The summed E-state index contributed by atoms with van der Waals surface area (Å²) in [5.41, 5.74) is 1.21. The van der Waals surface area contributed by atoms with Gasteiger partial charge in [0.05, 0.1) is 23.9 Å². The number of nitrogens with zero attached hydrogens (tertiary/aromatic N) is 3. The van der Waals surface area contributed by atoms with Crippen LogP contribution in [0.25, 0.3) is 0 Å². The van der Waals surface area contributed by atoms with Crippen LogP contribution in [0.3, 0.4) is 0 Å². The lowest BCUT2D eigenvalue weighted by Gasteiger charge is -2.42. The molecular formula is C24H25N3O. The lowest BCUT2D eigenvalue weighted by atomic mass is 9.60. The van der Waals surface area contributed by atoms with Crippen molar-refractivity contribution in [1.29, 1.82) is 10.5 Å². The molecule has 2 aromatic rings. The van der Waals surface area contributed by atoms with E-state index in [0.29, 0.717) is 6.42 Å². The fraction of sp³-hybridized carbons (Fsp3) is 0.417. The molecule has 4 rings (SSSR count). The van der Waals surface area contributed by atoms with Crippen LogP contribution >= 0.6 is 0 Å². The van der Waals surface area contributed by atoms with Crippen molar-refractivity contribution < 1.29 is 4.84 Å². The normalized spacial score (nSPS) is 28.2. The monoisotopic (exact) mass is 371 g/mol. The molecule has 0 unspecified atom stereocenters. The van der Waals surface area contributed by atoms with E-state index >= 15 is 0 Å². The maximum atomic E-state index is 9.97. The van der Waals surface area contributed by atoms with Crippen molar-refractivity contribution in [3.63, 3.8) is 0 Å². The van der Waals surface area contributed by atoms with E-state index in [-0.39, 0.29) is 24.0 Å². The minimum atomic E-state index is -0.930. The van der Waals surface area contributed by atoms with E-state index in [1.165, 1.54) is 0 Å². The molecule has 28 heavy (non-hydrogen) atoms. The Morgan fingerprint density at radius 1 is 1.04 bits per heavy atom. The van der Waals surface area contributed by atoms with E-state index in [1.807, 2.05) is 41.5 Å². The zero-order valence-corrected chi connectivity index (χ0v) is 16.2. The molecule has 4 atom stereocenters. The summed E-state index contributed by atoms with van der Waals surface area (Å²) in [4.78, 5) is 6.50. The van der Waals surface area contributed by atoms with Crippen LogP contribution in [0.2, 0.25) is 0 Å². The second kappa shape index (κ2) is 7.66. The SMILES string of the molecule is CCC[C@@H]1C[C@@H]2[C@H](CC1(C#N)C#N)[C@@H](c1ccccc1)ON2c1ccccc1. The lowest BCUT2D eigenvalue weighted by molar-refractivity contribution is 0.0615. The molecule has 0 bridgehead atoms. The molecule has 1 aliphatic carbocycles. The largest absolute Gasteiger partial charge is 0.265 e. The van der Waals surface area contributed by atoms with E-state index in [2.05, 4.69) is 43.3 Å². The molecule has 0 radical (unpaired) electrons. The fourth-order valence-electron chi connectivity index (χ4n) is 4.99. The zero-order chi connectivity index (χ0) is 19.6. The Morgan fingerprint density at radius 3 is 2.29 bits per heavy atom. The quantitative estimate of drug-likeness (QED) is 0.721. The van der Waals surface area contributed by atoms with Gasteiger partial charge in [-0.1, -0.05) is 61.9 Å². The summed E-state index contributed by atoms with van der Waals surface area (Å²) in [5.74, 6) is 0.174. The first-order valence-electron chi connectivity index (χ1n) is 10.1. The Labute approximate surface area is 166 Å². The first-order valence-corrected chi connectivity index (χ1v) is 10.1. The molecule has 0 spiro atoms. The molecule has 1 aliphatic heterocycles. The Kier molecular flexibility index (Phi) is 5.07.